The molecule has 0 unspecified atom stereocenters. The van der Waals surface area contributed by atoms with Gasteiger partial charge in [-0.2, -0.15) is 0 Å². The molecule has 0 aliphatic heterocycles. The van der Waals surface area contributed by atoms with Crippen molar-refractivity contribution >= 4 is 28.3 Å². The molecule has 7 nitrogen and oxygen atoms in total. The molecule has 182 valence electrons. The van der Waals surface area contributed by atoms with E-state index < -0.39 is 0 Å². The lowest BCUT2D eigenvalue weighted by atomic mass is 10.1. The van der Waals surface area contributed by atoms with Gasteiger partial charge in [0.15, 0.2) is 0 Å². The zero-order chi connectivity index (χ0) is 25.5. The standard InChI is InChI=1S/C30H20FN7/c31-21-10-12-22(13-11-21)33-30-32-16-15-24(36-30)28-27(37-26-8-4-5-17-38(26)28)20-9-14-23-25(18-20)35-29(34-23)19-6-2-1-3-7-19/h1-18H,(H,34,35)(H,32,33,36). The second-order valence-corrected chi connectivity index (χ2v) is 8.82. The van der Waals surface area contributed by atoms with E-state index in [0.717, 1.165) is 45.0 Å². The number of imidazole rings is 2. The second-order valence-electron chi connectivity index (χ2n) is 8.82. The highest BCUT2D eigenvalue weighted by molar-refractivity contribution is 5.88. The van der Waals surface area contributed by atoms with Gasteiger partial charge in [-0.15, -0.1) is 0 Å². The quantitative estimate of drug-likeness (QED) is 0.271. The molecule has 4 heterocycles. The highest BCUT2D eigenvalue weighted by Crippen LogP contribution is 2.34. The molecule has 7 rings (SSSR count). The van der Waals surface area contributed by atoms with Crippen LogP contribution in [0.25, 0.3) is 50.7 Å². The van der Waals surface area contributed by atoms with E-state index in [-0.39, 0.29) is 5.82 Å². The third-order valence-corrected chi connectivity index (χ3v) is 6.33. The van der Waals surface area contributed by atoms with Crippen LogP contribution in [0.15, 0.2) is 109 Å². The number of H-pyrrole nitrogens is 1. The number of nitrogens with zero attached hydrogens (tertiary/aromatic N) is 5. The Kier molecular flexibility index (Phi) is 5.14. The second kappa shape index (κ2) is 8.94. The summed E-state index contributed by atoms with van der Waals surface area (Å²) >= 11 is 0. The van der Waals surface area contributed by atoms with Gasteiger partial charge >= 0.3 is 0 Å². The monoisotopic (exact) mass is 497 g/mol. The van der Waals surface area contributed by atoms with Crippen molar-refractivity contribution in [2.45, 2.75) is 0 Å². The van der Waals surface area contributed by atoms with E-state index in [0.29, 0.717) is 17.3 Å². The number of pyridine rings is 1. The lowest BCUT2D eigenvalue weighted by Gasteiger charge is -2.08. The van der Waals surface area contributed by atoms with E-state index in [4.69, 9.17) is 15.0 Å². The predicted octanol–water partition coefficient (Wildman–Crippen LogP) is 6.88. The summed E-state index contributed by atoms with van der Waals surface area (Å²) in [5.74, 6) is 0.925. The molecule has 0 spiro atoms. The molecule has 0 aliphatic rings. The van der Waals surface area contributed by atoms with Crippen LogP contribution in [-0.4, -0.2) is 29.3 Å². The van der Waals surface area contributed by atoms with Crippen LogP contribution >= 0.6 is 0 Å². The van der Waals surface area contributed by atoms with Crippen LogP contribution in [0.1, 0.15) is 0 Å². The number of aromatic nitrogens is 6. The number of hydrogen-bond donors (Lipinski definition) is 2. The van der Waals surface area contributed by atoms with Gasteiger partial charge in [0.2, 0.25) is 5.95 Å². The maximum Gasteiger partial charge on any atom is 0.227 e. The van der Waals surface area contributed by atoms with E-state index >= 15 is 0 Å². The summed E-state index contributed by atoms with van der Waals surface area (Å²) in [7, 11) is 0. The number of hydrogen-bond acceptors (Lipinski definition) is 5. The Bertz CT molecular complexity index is 1910. The number of fused-ring (bicyclic) bond motifs is 2. The zero-order valence-electron chi connectivity index (χ0n) is 20.0. The predicted molar refractivity (Wildman–Crippen MR) is 146 cm³/mol. The summed E-state index contributed by atoms with van der Waals surface area (Å²) in [6, 6.07) is 30.0. The largest absolute Gasteiger partial charge is 0.338 e. The molecule has 0 saturated heterocycles. The van der Waals surface area contributed by atoms with Crippen LogP contribution < -0.4 is 5.32 Å². The number of benzene rings is 3. The first-order valence-electron chi connectivity index (χ1n) is 12.1. The SMILES string of the molecule is Fc1ccc(Nc2nccc(-c3c(-c4ccc5nc(-c6ccccc6)[nH]c5c4)nc4ccccn34)n2)cc1. The van der Waals surface area contributed by atoms with Crippen molar-refractivity contribution in [1.29, 1.82) is 0 Å². The molecule has 0 fully saturated rings. The van der Waals surface area contributed by atoms with E-state index in [9.17, 15) is 4.39 Å². The molecule has 38 heavy (non-hydrogen) atoms. The first-order valence-corrected chi connectivity index (χ1v) is 12.1. The minimum Gasteiger partial charge on any atom is -0.338 e. The zero-order valence-corrected chi connectivity index (χ0v) is 20.0. The number of halogens is 1. The summed E-state index contributed by atoms with van der Waals surface area (Å²) in [4.78, 5) is 22.3. The lowest BCUT2D eigenvalue weighted by molar-refractivity contribution is 0.628. The van der Waals surface area contributed by atoms with Gasteiger partial charge in [-0.25, -0.2) is 24.3 Å². The minimum atomic E-state index is -0.300. The van der Waals surface area contributed by atoms with Crippen LogP contribution in [0.3, 0.4) is 0 Å². The van der Waals surface area contributed by atoms with Gasteiger partial charge in [-0.3, -0.25) is 4.40 Å². The topological polar surface area (TPSA) is 83.8 Å². The Morgan fingerprint density at radius 1 is 0.763 bits per heavy atom. The van der Waals surface area contributed by atoms with Crippen molar-refractivity contribution in [1.82, 2.24) is 29.3 Å². The van der Waals surface area contributed by atoms with Gasteiger partial charge in [-0.1, -0.05) is 42.5 Å². The molecule has 0 bridgehead atoms. The van der Waals surface area contributed by atoms with Gasteiger partial charge in [0.25, 0.3) is 0 Å². The molecule has 0 aliphatic carbocycles. The van der Waals surface area contributed by atoms with Gasteiger partial charge in [-0.05, 0) is 54.6 Å². The Labute approximate surface area is 216 Å². The number of nitrogens with one attached hydrogen (secondary N) is 2. The third kappa shape index (κ3) is 3.94. The maximum atomic E-state index is 13.3. The molecule has 0 saturated carbocycles. The van der Waals surface area contributed by atoms with Crippen LogP contribution in [0.2, 0.25) is 0 Å². The average molecular weight is 498 g/mol. The van der Waals surface area contributed by atoms with Crippen molar-refractivity contribution in [3.8, 4) is 34.0 Å². The summed E-state index contributed by atoms with van der Waals surface area (Å²) < 4.78 is 15.4. The molecule has 3 aromatic carbocycles. The Hall–Kier alpha value is -5.37. The van der Waals surface area contributed by atoms with Gasteiger partial charge in [0, 0.05) is 29.2 Å². The fraction of sp³-hybridized carbons (Fsp3) is 0. The van der Waals surface area contributed by atoms with Crippen molar-refractivity contribution in [2.24, 2.45) is 0 Å². The summed E-state index contributed by atoms with van der Waals surface area (Å²) in [5.41, 5.74) is 7.60. The van der Waals surface area contributed by atoms with E-state index in [1.54, 1.807) is 18.3 Å². The van der Waals surface area contributed by atoms with E-state index in [1.165, 1.54) is 12.1 Å². The highest BCUT2D eigenvalue weighted by atomic mass is 19.1. The first kappa shape index (κ1) is 21.9. The molecule has 8 heteroatoms. The minimum absolute atomic E-state index is 0.300. The molecule has 7 aromatic rings. The van der Waals surface area contributed by atoms with E-state index in [2.05, 4.69) is 21.4 Å². The fourth-order valence-corrected chi connectivity index (χ4v) is 4.54. The lowest BCUT2D eigenvalue weighted by Crippen LogP contribution is -1.99. The smallest absolute Gasteiger partial charge is 0.227 e. The molecule has 0 radical (unpaired) electrons. The first-order chi connectivity index (χ1) is 18.7. The van der Waals surface area contributed by atoms with Crippen LogP contribution in [0, 0.1) is 5.82 Å². The molecule has 0 amide bonds. The van der Waals surface area contributed by atoms with Gasteiger partial charge < -0.3 is 10.3 Å². The summed E-state index contributed by atoms with van der Waals surface area (Å²) in [6.45, 7) is 0. The van der Waals surface area contributed by atoms with Crippen LogP contribution in [-0.2, 0) is 0 Å². The molecular weight excluding hydrogens is 477 g/mol. The molecule has 4 aromatic heterocycles. The summed E-state index contributed by atoms with van der Waals surface area (Å²) in [5, 5.41) is 3.15. The van der Waals surface area contributed by atoms with Crippen LogP contribution in [0.4, 0.5) is 16.0 Å². The van der Waals surface area contributed by atoms with Gasteiger partial charge in [0.05, 0.1) is 28.1 Å². The Morgan fingerprint density at radius 2 is 1.61 bits per heavy atom. The number of rotatable bonds is 5. The van der Waals surface area contributed by atoms with Crippen molar-refractivity contribution in [3.63, 3.8) is 0 Å². The summed E-state index contributed by atoms with van der Waals surface area (Å²) in [6.07, 6.45) is 3.67. The molecule has 2 N–H and O–H groups in total. The van der Waals surface area contributed by atoms with Crippen molar-refractivity contribution in [3.05, 3.63) is 115 Å². The third-order valence-electron chi connectivity index (χ3n) is 6.33. The highest BCUT2D eigenvalue weighted by Gasteiger charge is 2.18. The fourth-order valence-electron chi connectivity index (χ4n) is 4.54. The van der Waals surface area contributed by atoms with E-state index in [1.807, 2.05) is 77.3 Å². The van der Waals surface area contributed by atoms with Crippen molar-refractivity contribution < 1.29 is 4.39 Å². The average Bonchev–Trinajstić information content (AvgIpc) is 3.56. The van der Waals surface area contributed by atoms with Crippen LogP contribution in [0.5, 0.6) is 0 Å². The Morgan fingerprint density at radius 3 is 2.47 bits per heavy atom. The van der Waals surface area contributed by atoms with Gasteiger partial charge in [0.1, 0.15) is 17.3 Å². The number of aromatic amines is 1. The number of anilines is 2. The molecule has 0 atom stereocenters. The maximum absolute atomic E-state index is 13.3. The molecular formula is C30H20FN7. The Balaban J connectivity index is 1.34. The normalized spacial score (nSPS) is 11.3. The van der Waals surface area contributed by atoms with Crippen molar-refractivity contribution in [2.75, 3.05) is 5.32 Å².